The van der Waals surface area contributed by atoms with Crippen LogP contribution in [0.25, 0.3) is 0 Å². The molecule has 1 atom stereocenters. The Labute approximate surface area is 98.2 Å². The molecule has 0 aliphatic heterocycles. The molecule has 0 heterocycles. The Morgan fingerprint density at radius 3 is 2.44 bits per heavy atom. The summed E-state index contributed by atoms with van der Waals surface area (Å²) in [5.41, 5.74) is -0.174. The molecule has 2 fully saturated rings. The highest BCUT2D eigenvalue weighted by Crippen LogP contribution is 2.32. The van der Waals surface area contributed by atoms with Gasteiger partial charge in [0, 0.05) is 18.1 Å². The summed E-state index contributed by atoms with van der Waals surface area (Å²) in [5, 5.41) is 2.92. The summed E-state index contributed by atoms with van der Waals surface area (Å²) in [6, 6.07) is 0.567. The van der Waals surface area contributed by atoms with E-state index in [1.165, 1.54) is 12.8 Å². The molecule has 0 amide bonds. The molecule has 0 radical (unpaired) electrons. The van der Waals surface area contributed by atoms with E-state index in [2.05, 4.69) is 10.0 Å². The zero-order chi connectivity index (χ0) is 11.8. The molecule has 0 saturated heterocycles. The SMILES string of the molecule is CC(CNC1CC1)S(=O)(=O)NC1(C)CCC1. The molecule has 0 aromatic rings. The molecule has 16 heavy (non-hydrogen) atoms. The summed E-state index contributed by atoms with van der Waals surface area (Å²) in [5.74, 6) is 0. The van der Waals surface area contributed by atoms with Crippen molar-refractivity contribution in [2.45, 2.75) is 62.8 Å². The van der Waals surface area contributed by atoms with E-state index in [-0.39, 0.29) is 10.8 Å². The average molecular weight is 246 g/mol. The minimum Gasteiger partial charge on any atom is -0.313 e. The van der Waals surface area contributed by atoms with Crippen LogP contribution in [0.2, 0.25) is 0 Å². The van der Waals surface area contributed by atoms with Gasteiger partial charge in [-0.3, -0.25) is 0 Å². The fourth-order valence-electron chi connectivity index (χ4n) is 1.98. The highest BCUT2D eigenvalue weighted by atomic mass is 32.2. The minimum atomic E-state index is -3.16. The highest BCUT2D eigenvalue weighted by molar-refractivity contribution is 7.90. The first kappa shape index (κ1) is 12.3. The summed E-state index contributed by atoms with van der Waals surface area (Å²) >= 11 is 0. The normalized spacial score (nSPS) is 26.1. The molecular formula is C11H22N2O2S. The predicted molar refractivity (Wildman–Crippen MR) is 64.8 cm³/mol. The molecule has 2 rings (SSSR count). The molecule has 2 aliphatic rings. The first-order chi connectivity index (χ1) is 7.41. The Bertz CT molecular complexity index is 345. The summed E-state index contributed by atoms with van der Waals surface area (Å²) in [6.07, 6.45) is 5.45. The van der Waals surface area contributed by atoms with Crippen LogP contribution in [0.15, 0.2) is 0 Å². The number of sulfonamides is 1. The zero-order valence-corrected chi connectivity index (χ0v) is 10.9. The third-order valence-corrected chi connectivity index (χ3v) is 5.65. The van der Waals surface area contributed by atoms with Crippen LogP contribution in [0.1, 0.15) is 46.0 Å². The molecule has 2 N–H and O–H groups in total. The van der Waals surface area contributed by atoms with Gasteiger partial charge >= 0.3 is 0 Å². The zero-order valence-electron chi connectivity index (χ0n) is 10.1. The largest absolute Gasteiger partial charge is 0.313 e. The fraction of sp³-hybridized carbons (Fsp3) is 1.00. The minimum absolute atomic E-state index is 0.174. The number of rotatable bonds is 6. The quantitative estimate of drug-likeness (QED) is 0.735. The molecule has 0 spiro atoms. The maximum atomic E-state index is 12.0. The molecule has 0 aromatic heterocycles. The Kier molecular flexibility index (Phi) is 3.29. The van der Waals surface area contributed by atoms with E-state index < -0.39 is 10.0 Å². The van der Waals surface area contributed by atoms with Gasteiger partial charge in [0.05, 0.1) is 5.25 Å². The van der Waals surface area contributed by atoms with Crippen molar-refractivity contribution >= 4 is 10.0 Å². The van der Waals surface area contributed by atoms with Gasteiger partial charge in [0.25, 0.3) is 0 Å². The van der Waals surface area contributed by atoms with Gasteiger partial charge < -0.3 is 5.32 Å². The van der Waals surface area contributed by atoms with Crippen LogP contribution < -0.4 is 10.0 Å². The van der Waals surface area contributed by atoms with Crippen molar-refractivity contribution in [1.82, 2.24) is 10.0 Å². The van der Waals surface area contributed by atoms with Gasteiger partial charge in [-0.1, -0.05) is 0 Å². The van der Waals surface area contributed by atoms with Crippen LogP contribution in [-0.4, -0.2) is 31.8 Å². The smallest absolute Gasteiger partial charge is 0.215 e. The van der Waals surface area contributed by atoms with Crippen LogP contribution >= 0.6 is 0 Å². The lowest BCUT2D eigenvalue weighted by Crippen LogP contribution is -2.54. The molecule has 2 saturated carbocycles. The van der Waals surface area contributed by atoms with Crippen LogP contribution in [0.4, 0.5) is 0 Å². The third kappa shape index (κ3) is 2.96. The highest BCUT2D eigenvalue weighted by Gasteiger charge is 2.37. The Morgan fingerprint density at radius 1 is 1.38 bits per heavy atom. The van der Waals surface area contributed by atoms with Crippen molar-refractivity contribution in [2.24, 2.45) is 0 Å². The van der Waals surface area contributed by atoms with Gasteiger partial charge in [0.2, 0.25) is 10.0 Å². The van der Waals surface area contributed by atoms with Gasteiger partial charge in [-0.05, 0) is 46.0 Å². The fourth-order valence-corrected chi connectivity index (χ4v) is 3.39. The van der Waals surface area contributed by atoms with Crippen molar-refractivity contribution in [1.29, 1.82) is 0 Å². The second-order valence-electron chi connectivity index (χ2n) is 5.55. The third-order valence-electron chi connectivity index (χ3n) is 3.65. The van der Waals surface area contributed by atoms with Crippen LogP contribution in [-0.2, 0) is 10.0 Å². The van der Waals surface area contributed by atoms with Crippen molar-refractivity contribution < 1.29 is 8.42 Å². The van der Waals surface area contributed by atoms with E-state index in [0.29, 0.717) is 12.6 Å². The number of nitrogens with one attached hydrogen (secondary N) is 2. The molecule has 0 bridgehead atoms. The van der Waals surface area contributed by atoms with Gasteiger partial charge in [-0.25, -0.2) is 13.1 Å². The van der Waals surface area contributed by atoms with Crippen molar-refractivity contribution in [2.75, 3.05) is 6.54 Å². The first-order valence-corrected chi connectivity index (χ1v) is 7.72. The van der Waals surface area contributed by atoms with E-state index in [4.69, 9.17) is 0 Å². The molecule has 5 heteroatoms. The molecule has 2 aliphatic carbocycles. The lowest BCUT2D eigenvalue weighted by Gasteiger charge is -2.39. The molecule has 1 unspecified atom stereocenters. The van der Waals surface area contributed by atoms with Crippen molar-refractivity contribution in [3.8, 4) is 0 Å². The summed E-state index contributed by atoms with van der Waals surface area (Å²) < 4.78 is 26.9. The van der Waals surface area contributed by atoms with E-state index in [9.17, 15) is 8.42 Å². The molecule has 4 nitrogen and oxygen atoms in total. The second kappa shape index (κ2) is 4.27. The Balaban J connectivity index is 1.84. The maximum Gasteiger partial charge on any atom is 0.215 e. The van der Waals surface area contributed by atoms with Crippen LogP contribution in [0.5, 0.6) is 0 Å². The van der Waals surface area contributed by atoms with Gasteiger partial charge in [-0.2, -0.15) is 0 Å². The second-order valence-corrected chi connectivity index (χ2v) is 7.65. The van der Waals surface area contributed by atoms with E-state index in [1.54, 1.807) is 6.92 Å². The lowest BCUT2D eigenvalue weighted by molar-refractivity contribution is 0.247. The Morgan fingerprint density at radius 2 is 2.00 bits per heavy atom. The molecule has 94 valence electrons. The lowest BCUT2D eigenvalue weighted by atomic mass is 9.80. The van der Waals surface area contributed by atoms with Crippen LogP contribution in [0, 0.1) is 0 Å². The standard InChI is InChI=1S/C11H22N2O2S/c1-9(8-12-10-4-5-10)16(14,15)13-11(2)6-3-7-11/h9-10,12-13H,3-8H2,1-2H3. The average Bonchev–Trinajstić information content (AvgIpc) is 2.94. The summed E-state index contributed by atoms with van der Waals surface area (Å²) in [4.78, 5) is 0. The van der Waals surface area contributed by atoms with E-state index in [1.807, 2.05) is 6.92 Å². The van der Waals surface area contributed by atoms with Gasteiger partial charge in [-0.15, -0.1) is 0 Å². The number of hydrogen-bond donors (Lipinski definition) is 2. The van der Waals surface area contributed by atoms with Gasteiger partial charge in [0.1, 0.15) is 0 Å². The van der Waals surface area contributed by atoms with E-state index in [0.717, 1.165) is 19.3 Å². The van der Waals surface area contributed by atoms with Crippen LogP contribution in [0.3, 0.4) is 0 Å². The Hall–Kier alpha value is -0.130. The monoisotopic (exact) mass is 246 g/mol. The van der Waals surface area contributed by atoms with E-state index >= 15 is 0 Å². The number of hydrogen-bond acceptors (Lipinski definition) is 3. The van der Waals surface area contributed by atoms with Gasteiger partial charge in [0.15, 0.2) is 0 Å². The van der Waals surface area contributed by atoms with Crippen molar-refractivity contribution in [3.05, 3.63) is 0 Å². The predicted octanol–water partition coefficient (Wildman–Crippen LogP) is 0.989. The topological polar surface area (TPSA) is 58.2 Å². The van der Waals surface area contributed by atoms with Crippen molar-refractivity contribution in [3.63, 3.8) is 0 Å². The summed E-state index contributed by atoms with van der Waals surface area (Å²) in [6.45, 7) is 4.34. The first-order valence-electron chi connectivity index (χ1n) is 6.17. The summed E-state index contributed by atoms with van der Waals surface area (Å²) in [7, 11) is -3.16. The molecule has 0 aromatic carbocycles. The molecular weight excluding hydrogens is 224 g/mol. The maximum absolute atomic E-state index is 12.0.